The molecule has 0 aromatic heterocycles. The molecule has 0 fully saturated rings. The van der Waals surface area contributed by atoms with Crippen LogP contribution < -0.4 is 20.1 Å². The zero-order valence-corrected chi connectivity index (χ0v) is 20.8. The first kappa shape index (κ1) is 26.0. The summed E-state index contributed by atoms with van der Waals surface area (Å²) in [6, 6.07) is 13.9. The van der Waals surface area contributed by atoms with Crippen LogP contribution in [0.1, 0.15) is 42.6 Å². The van der Waals surface area contributed by atoms with Gasteiger partial charge in [-0.25, -0.2) is 0 Å². The zero-order chi connectivity index (χ0) is 21.2. The molecular formula is C23H34IN3O3. The molecule has 0 aliphatic heterocycles. The highest BCUT2D eigenvalue weighted by Crippen LogP contribution is 2.26. The molecule has 0 saturated carbocycles. The molecule has 6 nitrogen and oxygen atoms in total. The van der Waals surface area contributed by atoms with Crippen molar-refractivity contribution in [1.82, 2.24) is 10.6 Å². The summed E-state index contributed by atoms with van der Waals surface area (Å²) in [7, 11) is 3.18. The number of aryl methyl sites for hydroxylation is 1. The second-order valence-corrected chi connectivity index (χ2v) is 7.08. The molecule has 166 valence electrons. The summed E-state index contributed by atoms with van der Waals surface area (Å²) >= 11 is 0. The molecule has 2 aromatic rings. The Morgan fingerprint density at radius 1 is 1.03 bits per heavy atom. The van der Waals surface area contributed by atoms with E-state index in [4.69, 9.17) is 9.47 Å². The van der Waals surface area contributed by atoms with Gasteiger partial charge in [-0.15, -0.1) is 24.0 Å². The van der Waals surface area contributed by atoms with Crippen molar-refractivity contribution >= 4 is 29.9 Å². The van der Waals surface area contributed by atoms with E-state index in [1.165, 1.54) is 11.1 Å². The third kappa shape index (κ3) is 8.02. The fourth-order valence-electron chi connectivity index (χ4n) is 2.99. The predicted octanol–water partition coefficient (Wildman–Crippen LogP) is 4.02. The van der Waals surface area contributed by atoms with Crippen molar-refractivity contribution in [2.45, 2.75) is 32.8 Å². The van der Waals surface area contributed by atoms with Crippen molar-refractivity contribution in [3.05, 3.63) is 59.2 Å². The van der Waals surface area contributed by atoms with Gasteiger partial charge in [0.05, 0.1) is 20.3 Å². The second-order valence-electron chi connectivity index (χ2n) is 7.08. The topological polar surface area (TPSA) is 75.1 Å². The Bertz CT molecular complexity index is 792. The van der Waals surface area contributed by atoms with Gasteiger partial charge < -0.3 is 25.2 Å². The van der Waals surface area contributed by atoms with Crippen LogP contribution in [0.3, 0.4) is 0 Å². The van der Waals surface area contributed by atoms with Crippen molar-refractivity contribution in [3.63, 3.8) is 0 Å². The van der Waals surface area contributed by atoms with Crippen LogP contribution in [-0.2, 0) is 0 Å². The number of methoxy groups -OCH3 is 2. The van der Waals surface area contributed by atoms with Gasteiger partial charge in [0.25, 0.3) is 0 Å². The van der Waals surface area contributed by atoms with E-state index < -0.39 is 6.10 Å². The molecule has 0 aliphatic carbocycles. The first-order valence-corrected chi connectivity index (χ1v) is 9.96. The van der Waals surface area contributed by atoms with Gasteiger partial charge in [0.15, 0.2) is 5.96 Å². The number of nitrogens with zero attached hydrogens (tertiary/aromatic N) is 1. The number of aliphatic imine (C=N–C) groups is 1. The number of guanidine groups is 1. The molecule has 0 amide bonds. The third-order valence-corrected chi connectivity index (χ3v) is 4.70. The standard InChI is InChI=1S/C23H33N3O3.HI/c1-6-24-23(25-14-17(3)18-9-7-8-16(2)10-18)26-15-22(27)19-11-20(28-4)13-21(12-19)29-5;/h7-13,17,22,27H,6,14-15H2,1-5H3,(H2,24,25,26);1H. The Morgan fingerprint density at radius 3 is 2.27 bits per heavy atom. The fourth-order valence-corrected chi connectivity index (χ4v) is 2.99. The number of ether oxygens (including phenoxy) is 2. The largest absolute Gasteiger partial charge is 0.497 e. The third-order valence-electron chi connectivity index (χ3n) is 4.70. The molecule has 0 heterocycles. The summed E-state index contributed by atoms with van der Waals surface area (Å²) in [5.74, 6) is 2.27. The first-order chi connectivity index (χ1) is 14.0. The average molecular weight is 527 g/mol. The van der Waals surface area contributed by atoms with Crippen molar-refractivity contribution < 1.29 is 14.6 Å². The van der Waals surface area contributed by atoms with Gasteiger partial charge in [-0.1, -0.05) is 36.8 Å². The number of nitrogens with one attached hydrogen (secondary N) is 2. The van der Waals surface area contributed by atoms with E-state index >= 15 is 0 Å². The maximum atomic E-state index is 10.6. The van der Waals surface area contributed by atoms with Gasteiger partial charge >= 0.3 is 0 Å². The lowest BCUT2D eigenvalue weighted by Gasteiger charge is -2.18. The second kappa shape index (κ2) is 13.3. The van der Waals surface area contributed by atoms with Crippen LogP contribution in [0.15, 0.2) is 47.5 Å². The minimum absolute atomic E-state index is 0. The lowest BCUT2D eigenvalue weighted by molar-refractivity contribution is 0.180. The molecule has 2 aromatic carbocycles. The van der Waals surface area contributed by atoms with Crippen LogP contribution in [0.25, 0.3) is 0 Å². The quantitative estimate of drug-likeness (QED) is 0.261. The molecule has 3 N–H and O–H groups in total. The van der Waals surface area contributed by atoms with Crippen LogP contribution in [0.5, 0.6) is 11.5 Å². The summed E-state index contributed by atoms with van der Waals surface area (Å²) in [6.45, 7) is 8.00. The number of halogens is 1. The SMILES string of the molecule is CCNC(=NCC(C)c1cccc(C)c1)NCC(O)c1cc(OC)cc(OC)c1.I. The molecule has 0 spiro atoms. The molecule has 0 bridgehead atoms. The Morgan fingerprint density at radius 2 is 1.70 bits per heavy atom. The Balaban J connectivity index is 0.00000450. The maximum absolute atomic E-state index is 10.6. The van der Waals surface area contributed by atoms with Crippen LogP contribution in [0.4, 0.5) is 0 Å². The molecule has 0 radical (unpaired) electrons. The first-order valence-electron chi connectivity index (χ1n) is 9.96. The highest BCUT2D eigenvalue weighted by molar-refractivity contribution is 14.0. The molecule has 30 heavy (non-hydrogen) atoms. The van der Waals surface area contributed by atoms with Crippen LogP contribution >= 0.6 is 24.0 Å². The van der Waals surface area contributed by atoms with E-state index in [-0.39, 0.29) is 24.0 Å². The number of rotatable bonds is 9. The van der Waals surface area contributed by atoms with Gasteiger partial charge in [-0.2, -0.15) is 0 Å². The minimum atomic E-state index is -0.725. The molecule has 0 aliphatic rings. The highest BCUT2D eigenvalue weighted by Gasteiger charge is 2.12. The molecule has 2 rings (SSSR count). The minimum Gasteiger partial charge on any atom is -0.497 e. The lowest BCUT2D eigenvalue weighted by atomic mass is 10.00. The summed E-state index contributed by atoms with van der Waals surface area (Å²) in [4.78, 5) is 4.69. The Hall–Kier alpha value is -2.00. The van der Waals surface area contributed by atoms with Crippen molar-refractivity contribution in [1.29, 1.82) is 0 Å². The molecule has 2 unspecified atom stereocenters. The van der Waals surface area contributed by atoms with Gasteiger partial charge in [-0.3, -0.25) is 4.99 Å². The predicted molar refractivity (Wildman–Crippen MR) is 133 cm³/mol. The molecule has 7 heteroatoms. The van der Waals surface area contributed by atoms with E-state index in [2.05, 4.69) is 53.7 Å². The smallest absolute Gasteiger partial charge is 0.191 e. The number of hydrogen-bond acceptors (Lipinski definition) is 4. The number of benzene rings is 2. The van der Waals surface area contributed by atoms with E-state index in [0.29, 0.717) is 36.5 Å². The van der Waals surface area contributed by atoms with Gasteiger partial charge in [0, 0.05) is 31.6 Å². The molecular weight excluding hydrogens is 493 g/mol. The molecule has 2 atom stereocenters. The summed E-state index contributed by atoms with van der Waals surface area (Å²) in [5, 5.41) is 17.1. The van der Waals surface area contributed by atoms with Crippen LogP contribution in [-0.4, -0.2) is 44.9 Å². The number of aliphatic hydroxyl groups is 1. The van der Waals surface area contributed by atoms with Gasteiger partial charge in [0.1, 0.15) is 11.5 Å². The Labute approximate surface area is 197 Å². The summed E-state index contributed by atoms with van der Waals surface area (Å²) < 4.78 is 10.6. The molecule has 0 saturated heterocycles. The lowest BCUT2D eigenvalue weighted by Crippen LogP contribution is -2.39. The number of hydrogen-bond donors (Lipinski definition) is 3. The maximum Gasteiger partial charge on any atom is 0.191 e. The van der Waals surface area contributed by atoms with E-state index in [0.717, 1.165) is 12.1 Å². The monoisotopic (exact) mass is 527 g/mol. The van der Waals surface area contributed by atoms with Crippen molar-refractivity contribution in [2.75, 3.05) is 33.9 Å². The Kier molecular flexibility index (Phi) is 11.6. The van der Waals surface area contributed by atoms with Crippen LogP contribution in [0.2, 0.25) is 0 Å². The summed E-state index contributed by atoms with van der Waals surface area (Å²) in [5.41, 5.74) is 3.24. The van der Waals surface area contributed by atoms with Crippen molar-refractivity contribution in [2.24, 2.45) is 4.99 Å². The van der Waals surface area contributed by atoms with Crippen LogP contribution in [0, 0.1) is 6.92 Å². The zero-order valence-electron chi connectivity index (χ0n) is 18.4. The van der Waals surface area contributed by atoms with Gasteiger partial charge in [0.2, 0.25) is 0 Å². The van der Waals surface area contributed by atoms with Gasteiger partial charge in [-0.05, 0) is 37.1 Å². The normalized spacial score (nSPS) is 13.1. The van der Waals surface area contributed by atoms with E-state index in [1.54, 1.807) is 32.4 Å². The average Bonchev–Trinajstić information content (AvgIpc) is 2.74. The van der Waals surface area contributed by atoms with E-state index in [1.807, 2.05) is 6.92 Å². The van der Waals surface area contributed by atoms with E-state index in [9.17, 15) is 5.11 Å². The van der Waals surface area contributed by atoms with Crippen molar-refractivity contribution in [3.8, 4) is 11.5 Å². The highest BCUT2D eigenvalue weighted by atomic mass is 127. The fraction of sp³-hybridized carbons (Fsp3) is 0.435. The summed E-state index contributed by atoms with van der Waals surface area (Å²) in [6.07, 6.45) is -0.725. The number of aliphatic hydroxyl groups excluding tert-OH is 1.